The van der Waals surface area contributed by atoms with Gasteiger partial charge in [0.15, 0.2) is 0 Å². The van der Waals surface area contributed by atoms with E-state index in [2.05, 4.69) is 15.9 Å². The van der Waals surface area contributed by atoms with E-state index in [1.807, 2.05) is 13.0 Å². The van der Waals surface area contributed by atoms with E-state index in [9.17, 15) is 4.79 Å². The van der Waals surface area contributed by atoms with Crippen LogP contribution in [-0.4, -0.2) is 11.1 Å². The van der Waals surface area contributed by atoms with Gasteiger partial charge in [0.2, 0.25) is 0 Å². The molecule has 0 saturated heterocycles. The molecule has 0 aromatic heterocycles. The minimum atomic E-state index is -0.883. The number of nitriles is 1. The number of aryl methyl sites for hydroxylation is 1. The van der Waals surface area contributed by atoms with Gasteiger partial charge in [-0.1, -0.05) is 15.9 Å². The first kappa shape index (κ1) is 11.7. The summed E-state index contributed by atoms with van der Waals surface area (Å²) in [6.45, 7) is 1.88. The highest BCUT2D eigenvalue weighted by molar-refractivity contribution is 9.08. The summed E-state index contributed by atoms with van der Waals surface area (Å²) in [4.78, 5) is 10.6. The zero-order chi connectivity index (χ0) is 11.4. The quantitative estimate of drug-likeness (QED) is 0.856. The molecule has 78 valence electrons. The van der Waals surface area contributed by atoms with Crippen LogP contribution in [0.2, 0.25) is 0 Å². The van der Waals surface area contributed by atoms with Crippen molar-refractivity contribution in [2.45, 2.75) is 18.7 Å². The Bertz CT molecular complexity index is 435. The molecule has 0 aliphatic heterocycles. The Balaban J connectivity index is 3.27. The van der Waals surface area contributed by atoms with Crippen molar-refractivity contribution in [3.8, 4) is 6.07 Å². The Morgan fingerprint density at radius 3 is 2.73 bits per heavy atom. The van der Waals surface area contributed by atoms with E-state index < -0.39 is 5.97 Å². The van der Waals surface area contributed by atoms with E-state index in [0.717, 1.165) is 11.1 Å². The smallest absolute Gasteiger partial charge is 0.307 e. The molecule has 0 radical (unpaired) electrons. The van der Waals surface area contributed by atoms with Crippen LogP contribution >= 0.6 is 15.9 Å². The van der Waals surface area contributed by atoms with Crippen LogP contribution in [0.5, 0.6) is 0 Å². The summed E-state index contributed by atoms with van der Waals surface area (Å²) in [5.41, 5.74) is 3.11. The van der Waals surface area contributed by atoms with Crippen LogP contribution in [0.3, 0.4) is 0 Å². The van der Waals surface area contributed by atoms with Gasteiger partial charge in [-0.15, -0.1) is 0 Å². The number of carbonyl (C=O) groups is 1. The molecule has 0 spiro atoms. The topological polar surface area (TPSA) is 61.1 Å². The maximum absolute atomic E-state index is 10.6. The van der Waals surface area contributed by atoms with Gasteiger partial charge in [-0.05, 0) is 35.7 Å². The maximum Gasteiger partial charge on any atom is 0.307 e. The summed E-state index contributed by atoms with van der Waals surface area (Å²) in [5.74, 6) is -0.883. The molecule has 0 fully saturated rings. The van der Waals surface area contributed by atoms with Gasteiger partial charge in [0.25, 0.3) is 0 Å². The van der Waals surface area contributed by atoms with E-state index in [0.29, 0.717) is 16.5 Å². The first-order valence-corrected chi connectivity index (χ1v) is 5.51. The lowest BCUT2D eigenvalue weighted by Gasteiger charge is -2.09. The number of carboxylic acid groups (broad SMARTS) is 1. The zero-order valence-corrected chi connectivity index (χ0v) is 9.84. The maximum atomic E-state index is 10.6. The third-order valence-corrected chi connectivity index (χ3v) is 2.73. The first-order chi connectivity index (χ1) is 7.08. The Morgan fingerprint density at radius 1 is 1.60 bits per heavy atom. The highest BCUT2D eigenvalue weighted by atomic mass is 79.9. The van der Waals surface area contributed by atoms with Crippen LogP contribution in [0.25, 0.3) is 0 Å². The van der Waals surface area contributed by atoms with Gasteiger partial charge in [-0.2, -0.15) is 5.26 Å². The zero-order valence-electron chi connectivity index (χ0n) is 8.25. The van der Waals surface area contributed by atoms with Crippen molar-refractivity contribution in [1.82, 2.24) is 0 Å². The number of carboxylic acids is 1. The van der Waals surface area contributed by atoms with Gasteiger partial charge in [0.1, 0.15) is 0 Å². The molecule has 0 amide bonds. The summed E-state index contributed by atoms with van der Waals surface area (Å²) >= 11 is 3.32. The van der Waals surface area contributed by atoms with Gasteiger partial charge in [-0.25, -0.2) is 0 Å². The molecule has 0 atom stereocenters. The Labute approximate surface area is 96.5 Å². The molecule has 1 aromatic rings. The minimum absolute atomic E-state index is 0.0444. The molecule has 3 nitrogen and oxygen atoms in total. The molecule has 0 aliphatic rings. The summed E-state index contributed by atoms with van der Waals surface area (Å²) < 4.78 is 0. The van der Waals surface area contributed by atoms with E-state index in [1.165, 1.54) is 0 Å². The standard InChI is InChI=1S/C11H10BrNO2/c1-7-2-8(6-13)3-9(4-11(14)15)10(7)5-12/h2-3H,4-5H2,1H3,(H,14,15). The molecule has 0 heterocycles. The third kappa shape index (κ3) is 2.80. The van der Waals surface area contributed by atoms with Crippen LogP contribution in [0, 0.1) is 18.3 Å². The second-order valence-electron chi connectivity index (χ2n) is 3.25. The molecule has 0 saturated carbocycles. The van der Waals surface area contributed by atoms with Gasteiger partial charge in [-0.3, -0.25) is 4.79 Å². The lowest BCUT2D eigenvalue weighted by Crippen LogP contribution is -2.05. The van der Waals surface area contributed by atoms with Crippen molar-refractivity contribution in [3.63, 3.8) is 0 Å². The molecular weight excluding hydrogens is 258 g/mol. The van der Waals surface area contributed by atoms with Gasteiger partial charge in [0, 0.05) is 5.33 Å². The van der Waals surface area contributed by atoms with Crippen LogP contribution in [0.15, 0.2) is 12.1 Å². The van der Waals surface area contributed by atoms with Crippen molar-refractivity contribution < 1.29 is 9.90 Å². The van der Waals surface area contributed by atoms with Gasteiger partial charge >= 0.3 is 5.97 Å². The fourth-order valence-corrected chi connectivity index (χ4v) is 2.27. The van der Waals surface area contributed by atoms with Crippen LogP contribution in [0.4, 0.5) is 0 Å². The highest BCUT2D eigenvalue weighted by Gasteiger charge is 2.10. The summed E-state index contributed by atoms with van der Waals surface area (Å²) in [7, 11) is 0. The monoisotopic (exact) mass is 267 g/mol. The second-order valence-corrected chi connectivity index (χ2v) is 3.81. The largest absolute Gasteiger partial charge is 0.481 e. The number of alkyl halides is 1. The summed E-state index contributed by atoms with van der Waals surface area (Å²) in [5, 5.41) is 18.1. The van der Waals surface area contributed by atoms with Crippen LogP contribution in [0.1, 0.15) is 22.3 Å². The van der Waals surface area contributed by atoms with Crippen LogP contribution < -0.4 is 0 Å². The van der Waals surface area contributed by atoms with Gasteiger partial charge < -0.3 is 5.11 Å². The van der Waals surface area contributed by atoms with E-state index in [4.69, 9.17) is 10.4 Å². The second kappa shape index (κ2) is 4.94. The molecule has 0 unspecified atom stereocenters. The highest BCUT2D eigenvalue weighted by Crippen LogP contribution is 2.20. The number of nitrogens with zero attached hydrogens (tertiary/aromatic N) is 1. The SMILES string of the molecule is Cc1cc(C#N)cc(CC(=O)O)c1CBr. The predicted molar refractivity (Wildman–Crippen MR) is 59.9 cm³/mol. The number of hydrogen-bond acceptors (Lipinski definition) is 2. The third-order valence-electron chi connectivity index (χ3n) is 2.17. The first-order valence-electron chi connectivity index (χ1n) is 4.38. The van der Waals surface area contributed by atoms with Crippen molar-refractivity contribution >= 4 is 21.9 Å². The number of hydrogen-bond donors (Lipinski definition) is 1. The number of halogens is 1. The Morgan fingerprint density at radius 2 is 2.27 bits per heavy atom. The van der Waals surface area contributed by atoms with Crippen molar-refractivity contribution in [3.05, 3.63) is 34.4 Å². The fourth-order valence-electron chi connectivity index (χ4n) is 1.47. The molecular formula is C11H10BrNO2. The molecule has 0 aliphatic carbocycles. The average Bonchev–Trinajstić information content (AvgIpc) is 2.16. The fraction of sp³-hybridized carbons (Fsp3) is 0.273. The Hall–Kier alpha value is -1.34. The molecule has 1 aromatic carbocycles. The van der Waals surface area contributed by atoms with Crippen LogP contribution in [-0.2, 0) is 16.5 Å². The lowest BCUT2D eigenvalue weighted by molar-refractivity contribution is -0.136. The average molecular weight is 268 g/mol. The predicted octanol–water partition coefficient (Wildman–Crippen LogP) is 2.39. The molecule has 1 rings (SSSR count). The number of rotatable bonds is 3. The van der Waals surface area contributed by atoms with E-state index in [1.54, 1.807) is 12.1 Å². The molecule has 0 bridgehead atoms. The lowest BCUT2D eigenvalue weighted by atomic mass is 9.98. The summed E-state index contributed by atoms with van der Waals surface area (Å²) in [6, 6.07) is 5.43. The van der Waals surface area contributed by atoms with Crippen molar-refractivity contribution in [2.24, 2.45) is 0 Å². The van der Waals surface area contributed by atoms with Crippen molar-refractivity contribution in [1.29, 1.82) is 5.26 Å². The number of aliphatic carboxylic acids is 1. The number of benzene rings is 1. The normalized spacial score (nSPS) is 9.67. The molecule has 15 heavy (non-hydrogen) atoms. The van der Waals surface area contributed by atoms with E-state index >= 15 is 0 Å². The molecule has 1 N–H and O–H groups in total. The minimum Gasteiger partial charge on any atom is -0.481 e. The summed E-state index contributed by atoms with van der Waals surface area (Å²) in [6.07, 6.45) is -0.0444. The van der Waals surface area contributed by atoms with E-state index in [-0.39, 0.29) is 6.42 Å². The molecule has 4 heteroatoms. The van der Waals surface area contributed by atoms with Crippen molar-refractivity contribution in [2.75, 3.05) is 0 Å². The van der Waals surface area contributed by atoms with Gasteiger partial charge in [0.05, 0.1) is 18.1 Å². The Kier molecular flexibility index (Phi) is 3.87.